The summed E-state index contributed by atoms with van der Waals surface area (Å²) in [5.41, 5.74) is 0.766. The lowest BCUT2D eigenvalue weighted by molar-refractivity contribution is 0.0963. The Morgan fingerprint density at radius 3 is 2.85 bits per heavy atom. The van der Waals surface area contributed by atoms with E-state index in [4.69, 9.17) is 5.26 Å². The minimum absolute atomic E-state index is 0.252. The SMILES string of the molecule is CNC(=O)c1cc(Br)ccc1C#N. The Kier molecular flexibility index (Phi) is 3.04. The molecule has 0 saturated carbocycles. The molecular weight excluding hydrogens is 232 g/mol. The van der Waals surface area contributed by atoms with Gasteiger partial charge in [-0.25, -0.2) is 0 Å². The lowest BCUT2D eigenvalue weighted by Gasteiger charge is -2.02. The molecule has 0 fully saturated rings. The number of carbonyl (C=O) groups excluding carboxylic acids is 1. The minimum atomic E-state index is -0.252. The van der Waals surface area contributed by atoms with Crippen LogP contribution in [0.5, 0.6) is 0 Å². The van der Waals surface area contributed by atoms with Crippen molar-refractivity contribution < 1.29 is 4.79 Å². The van der Waals surface area contributed by atoms with Crippen molar-refractivity contribution in [3.05, 3.63) is 33.8 Å². The van der Waals surface area contributed by atoms with Gasteiger partial charge in [0.2, 0.25) is 0 Å². The number of hydrogen-bond donors (Lipinski definition) is 1. The quantitative estimate of drug-likeness (QED) is 0.810. The predicted molar refractivity (Wildman–Crippen MR) is 52.2 cm³/mol. The first kappa shape index (κ1) is 9.75. The highest BCUT2D eigenvalue weighted by Gasteiger charge is 2.09. The van der Waals surface area contributed by atoms with Gasteiger partial charge in [-0.3, -0.25) is 4.79 Å². The highest BCUT2D eigenvalue weighted by molar-refractivity contribution is 9.10. The molecule has 0 atom stereocenters. The van der Waals surface area contributed by atoms with E-state index in [0.29, 0.717) is 11.1 Å². The molecule has 1 aromatic carbocycles. The number of nitrogens with zero attached hydrogens (tertiary/aromatic N) is 1. The van der Waals surface area contributed by atoms with Crippen molar-refractivity contribution in [1.29, 1.82) is 5.26 Å². The second-order valence-corrected chi connectivity index (χ2v) is 3.30. The third kappa shape index (κ3) is 2.07. The van der Waals surface area contributed by atoms with E-state index in [9.17, 15) is 4.79 Å². The van der Waals surface area contributed by atoms with E-state index in [1.807, 2.05) is 6.07 Å². The van der Waals surface area contributed by atoms with E-state index in [2.05, 4.69) is 21.2 Å². The zero-order valence-corrected chi connectivity index (χ0v) is 8.55. The molecule has 13 heavy (non-hydrogen) atoms. The van der Waals surface area contributed by atoms with Crippen LogP contribution in [0.1, 0.15) is 15.9 Å². The number of amides is 1. The Bertz CT molecular complexity index is 382. The lowest BCUT2D eigenvalue weighted by atomic mass is 10.1. The van der Waals surface area contributed by atoms with Gasteiger partial charge < -0.3 is 5.32 Å². The maximum absolute atomic E-state index is 11.3. The van der Waals surface area contributed by atoms with Gasteiger partial charge >= 0.3 is 0 Å². The molecule has 66 valence electrons. The van der Waals surface area contributed by atoms with Crippen molar-refractivity contribution in [2.24, 2.45) is 0 Å². The van der Waals surface area contributed by atoms with Crippen LogP contribution in [-0.4, -0.2) is 13.0 Å². The van der Waals surface area contributed by atoms with E-state index in [1.165, 1.54) is 7.05 Å². The fraction of sp³-hybridized carbons (Fsp3) is 0.111. The number of nitrogens with one attached hydrogen (secondary N) is 1. The number of carbonyl (C=O) groups is 1. The van der Waals surface area contributed by atoms with Crippen LogP contribution >= 0.6 is 15.9 Å². The summed E-state index contributed by atoms with van der Waals surface area (Å²) in [7, 11) is 1.53. The van der Waals surface area contributed by atoms with Crippen molar-refractivity contribution in [3.63, 3.8) is 0 Å². The van der Waals surface area contributed by atoms with Gasteiger partial charge in [0.25, 0.3) is 5.91 Å². The first-order chi connectivity index (χ1) is 6.19. The average molecular weight is 239 g/mol. The van der Waals surface area contributed by atoms with Gasteiger partial charge in [0, 0.05) is 11.5 Å². The highest BCUT2D eigenvalue weighted by atomic mass is 79.9. The molecule has 4 heteroatoms. The molecule has 0 unspecified atom stereocenters. The Hall–Kier alpha value is -1.34. The number of hydrogen-bond acceptors (Lipinski definition) is 2. The van der Waals surface area contributed by atoms with Crippen LogP contribution in [0.25, 0.3) is 0 Å². The maximum Gasteiger partial charge on any atom is 0.252 e. The molecule has 3 nitrogen and oxygen atoms in total. The Morgan fingerprint density at radius 2 is 2.31 bits per heavy atom. The number of benzene rings is 1. The third-order valence-corrected chi connectivity index (χ3v) is 2.07. The minimum Gasteiger partial charge on any atom is -0.355 e. The molecule has 1 amide bonds. The largest absolute Gasteiger partial charge is 0.355 e. The van der Waals surface area contributed by atoms with E-state index < -0.39 is 0 Å². The number of halogens is 1. The van der Waals surface area contributed by atoms with Crippen LogP contribution < -0.4 is 5.32 Å². The smallest absolute Gasteiger partial charge is 0.252 e. The standard InChI is InChI=1S/C9H7BrN2O/c1-12-9(13)8-4-7(10)3-2-6(8)5-11/h2-4H,1H3,(H,12,13). The summed E-state index contributed by atoms with van der Waals surface area (Å²) >= 11 is 3.23. The summed E-state index contributed by atoms with van der Waals surface area (Å²) in [4.78, 5) is 11.3. The van der Waals surface area contributed by atoms with Crippen molar-refractivity contribution in [2.45, 2.75) is 0 Å². The highest BCUT2D eigenvalue weighted by Crippen LogP contribution is 2.15. The number of rotatable bonds is 1. The molecular formula is C9H7BrN2O. The van der Waals surface area contributed by atoms with E-state index in [0.717, 1.165) is 4.47 Å². The first-order valence-electron chi connectivity index (χ1n) is 3.60. The Morgan fingerprint density at radius 1 is 1.62 bits per heavy atom. The molecule has 0 aliphatic carbocycles. The normalized spacial score (nSPS) is 9.00. The van der Waals surface area contributed by atoms with Gasteiger partial charge in [-0.2, -0.15) is 5.26 Å². The van der Waals surface area contributed by atoms with E-state index in [-0.39, 0.29) is 5.91 Å². The average Bonchev–Trinajstić information content (AvgIpc) is 2.16. The monoisotopic (exact) mass is 238 g/mol. The molecule has 0 bridgehead atoms. The summed E-state index contributed by atoms with van der Waals surface area (Å²) in [6.07, 6.45) is 0. The molecule has 0 aromatic heterocycles. The van der Waals surface area contributed by atoms with Crippen molar-refractivity contribution in [2.75, 3.05) is 7.05 Å². The van der Waals surface area contributed by atoms with Gasteiger partial charge in [0.15, 0.2) is 0 Å². The summed E-state index contributed by atoms with van der Waals surface area (Å²) in [5.74, 6) is -0.252. The van der Waals surface area contributed by atoms with E-state index >= 15 is 0 Å². The fourth-order valence-corrected chi connectivity index (χ4v) is 1.30. The molecule has 1 N–H and O–H groups in total. The van der Waals surface area contributed by atoms with Crippen molar-refractivity contribution in [1.82, 2.24) is 5.32 Å². The second-order valence-electron chi connectivity index (χ2n) is 2.38. The molecule has 1 rings (SSSR count). The second kappa shape index (κ2) is 4.06. The van der Waals surface area contributed by atoms with Gasteiger partial charge in [-0.15, -0.1) is 0 Å². The molecule has 0 aliphatic heterocycles. The molecule has 1 aromatic rings. The van der Waals surface area contributed by atoms with Crippen molar-refractivity contribution >= 4 is 21.8 Å². The van der Waals surface area contributed by atoms with Crippen LogP contribution in [0.15, 0.2) is 22.7 Å². The van der Waals surface area contributed by atoms with Crippen LogP contribution in [0.3, 0.4) is 0 Å². The fourth-order valence-electron chi connectivity index (χ4n) is 0.936. The molecule has 0 aliphatic rings. The number of nitriles is 1. The zero-order valence-electron chi connectivity index (χ0n) is 6.97. The van der Waals surface area contributed by atoms with Crippen LogP contribution in [0.2, 0.25) is 0 Å². The van der Waals surface area contributed by atoms with Gasteiger partial charge in [-0.05, 0) is 18.2 Å². The third-order valence-electron chi connectivity index (χ3n) is 1.57. The molecule has 0 heterocycles. The summed E-state index contributed by atoms with van der Waals surface area (Å²) < 4.78 is 0.783. The zero-order chi connectivity index (χ0) is 9.84. The molecule has 0 radical (unpaired) electrons. The van der Waals surface area contributed by atoms with Crippen LogP contribution in [0, 0.1) is 11.3 Å². The van der Waals surface area contributed by atoms with Gasteiger partial charge in [0.05, 0.1) is 17.2 Å². The summed E-state index contributed by atoms with van der Waals surface area (Å²) in [6, 6.07) is 6.91. The summed E-state index contributed by atoms with van der Waals surface area (Å²) in [6.45, 7) is 0. The van der Waals surface area contributed by atoms with Gasteiger partial charge in [0.1, 0.15) is 0 Å². The first-order valence-corrected chi connectivity index (χ1v) is 4.40. The maximum atomic E-state index is 11.3. The Labute approximate surface area is 84.5 Å². The molecule has 0 spiro atoms. The van der Waals surface area contributed by atoms with Crippen LogP contribution in [-0.2, 0) is 0 Å². The van der Waals surface area contributed by atoms with Crippen molar-refractivity contribution in [3.8, 4) is 6.07 Å². The van der Waals surface area contributed by atoms with E-state index in [1.54, 1.807) is 18.2 Å². The van der Waals surface area contributed by atoms with Gasteiger partial charge in [-0.1, -0.05) is 15.9 Å². The predicted octanol–water partition coefficient (Wildman–Crippen LogP) is 1.68. The topological polar surface area (TPSA) is 52.9 Å². The molecule has 0 saturated heterocycles. The summed E-state index contributed by atoms with van der Waals surface area (Å²) in [5, 5.41) is 11.2. The lowest BCUT2D eigenvalue weighted by Crippen LogP contribution is -2.18. The van der Waals surface area contributed by atoms with Crippen LogP contribution in [0.4, 0.5) is 0 Å². The Balaban J connectivity index is 3.25.